The first-order chi connectivity index (χ1) is 9.83. The second-order valence-electron chi connectivity index (χ2n) is 5.19. The van der Waals surface area contributed by atoms with Crippen LogP contribution < -0.4 is 5.32 Å². The van der Waals surface area contributed by atoms with Crippen LogP contribution in [0.1, 0.15) is 6.42 Å². The number of nitro groups is 1. The summed E-state index contributed by atoms with van der Waals surface area (Å²) in [6.07, 6.45) is -3.47. The number of alkyl halides is 3. The Morgan fingerprint density at radius 3 is 2.86 bits per heavy atom. The van der Waals surface area contributed by atoms with Crippen molar-refractivity contribution in [2.75, 3.05) is 31.5 Å². The van der Waals surface area contributed by atoms with Gasteiger partial charge < -0.3 is 5.32 Å². The predicted octanol–water partition coefficient (Wildman–Crippen LogP) is 2.89. The molecule has 0 saturated carbocycles. The van der Waals surface area contributed by atoms with E-state index < -0.39 is 17.6 Å². The third-order valence-corrected chi connectivity index (χ3v) is 3.42. The Labute approximate surface area is 119 Å². The smallest absolute Gasteiger partial charge is 0.385 e. The second-order valence-corrected chi connectivity index (χ2v) is 5.19. The van der Waals surface area contributed by atoms with Gasteiger partial charge in [-0.1, -0.05) is 6.07 Å². The highest BCUT2D eigenvalue weighted by Crippen LogP contribution is 2.23. The molecule has 1 fully saturated rings. The summed E-state index contributed by atoms with van der Waals surface area (Å²) in [6.45, 7) is 0.456. The summed E-state index contributed by atoms with van der Waals surface area (Å²) in [4.78, 5) is 11.6. The van der Waals surface area contributed by atoms with Gasteiger partial charge in [-0.15, -0.1) is 0 Å². The minimum atomic E-state index is -4.16. The quantitative estimate of drug-likeness (QED) is 0.671. The number of likely N-dealkylation sites (tertiary alicyclic amines) is 1. The summed E-state index contributed by atoms with van der Waals surface area (Å²) in [7, 11) is 0. The van der Waals surface area contributed by atoms with Gasteiger partial charge in [0, 0.05) is 30.9 Å². The fourth-order valence-corrected chi connectivity index (χ4v) is 2.47. The highest BCUT2D eigenvalue weighted by Gasteiger charge is 2.34. The molecule has 2 rings (SSSR count). The van der Waals surface area contributed by atoms with E-state index in [0.29, 0.717) is 31.7 Å². The van der Waals surface area contributed by atoms with Crippen molar-refractivity contribution >= 4 is 11.4 Å². The van der Waals surface area contributed by atoms with Gasteiger partial charge in [0.2, 0.25) is 0 Å². The molecule has 0 aromatic heterocycles. The van der Waals surface area contributed by atoms with Gasteiger partial charge in [0.15, 0.2) is 0 Å². The molecule has 1 saturated heterocycles. The van der Waals surface area contributed by atoms with Crippen LogP contribution in [0.2, 0.25) is 0 Å². The van der Waals surface area contributed by atoms with Crippen molar-refractivity contribution in [3.8, 4) is 0 Å². The van der Waals surface area contributed by atoms with Gasteiger partial charge >= 0.3 is 6.18 Å². The molecule has 0 radical (unpaired) electrons. The fourth-order valence-electron chi connectivity index (χ4n) is 2.47. The van der Waals surface area contributed by atoms with E-state index in [1.165, 1.54) is 17.0 Å². The maximum Gasteiger partial charge on any atom is 0.401 e. The Bertz CT molecular complexity index is 508. The van der Waals surface area contributed by atoms with Crippen molar-refractivity contribution in [2.45, 2.75) is 12.6 Å². The Balaban J connectivity index is 1.82. The van der Waals surface area contributed by atoms with E-state index in [1.54, 1.807) is 12.1 Å². The Kier molecular flexibility index (Phi) is 4.66. The van der Waals surface area contributed by atoms with Crippen LogP contribution in [-0.2, 0) is 0 Å². The lowest BCUT2D eigenvalue weighted by molar-refractivity contribution is -0.384. The first-order valence-electron chi connectivity index (χ1n) is 6.61. The van der Waals surface area contributed by atoms with Crippen LogP contribution in [0.5, 0.6) is 0 Å². The highest BCUT2D eigenvalue weighted by molar-refractivity contribution is 5.50. The Morgan fingerprint density at radius 2 is 2.19 bits per heavy atom. The van der Waals surface area contributed by atoms with Crippen molar-refractivity contribution < 1.29 is 18.1 Å². The first-order valence-corrected chi connectivity index (χ1v) is 6.61. The Hall–Kier alpha value is -1.83. The van der Waals surface area contributed by atoms with Gasteiger partial charge in [-0.05, 0) is 24.9 Å². The number of nitrogens with one attached hydrogen (secondary N) is 1. The largest absolute Gasteiger partial charge is 0.401 e. The molecule has 1 aliphatic rings. The zero-order chi connectivity index (χ0) is 15.5. The molecular formula is C13H16F3N3O2. The molecule has 0 spiro atoms. The topological polar surface area (TPSA) is 58.4 Å². The minimum absolute atomic E-state index is 0.00915. The van der Waals surface area contributed by atoms with Crippen LogP contribution >= 0.6 is 0 Å². The average molecular weight is 303 g/mol. The second kappa shape index (κ2) is 6.30. The van der Waals surface area contributed by atoms with Crippen LogP contribution in [0, 0.1) is 16.0 Å². The molecule has 1 N–H and O–H groups in total. The van der Waals surface area contributed by atoms with E-state index in [0.717, 1.165) is 0 Å². The summed E-state index contributed by atoms with van der Waals surface area (Å²) in [6, 6.07) is 6.09. The van der Waals surface area contributed by atoms with Crippen LogP contribution in [0.25, 0.3) is 0 Å². The molecule has 1 aromatic carbocycles. The fraction of sp³-hybridized carbons (Fsp3) is 0.538. The molecule has 5 nitrogen and oxygen atoms in total. The van der Waals surface area contributed by atoms with Crippen molar-refractivity contribution in [1.82, 2.24) is 4.90 Å². The molecule has 0 bridgehead atoms. The van der Waals surface area contributed by atoms with Gasteiger partial charge in [0.1, 0.15) is 0 Å². The molecule has 0 aliphatic carbocycles. The Morgan fingerprint density at radius 1 is 1.43 bits per heavy atom. The molecular weight excluding hydrogens is 287 g/mol. The lowest BCUT2D eigenvalue weighted by Crippen LogP contribution is -2.33. The molecule has 1 atom stereocenters. The number of halogens is 3. The lowest BCUT2D eigenvalue weighted by atomic mass is 10.1. The van der Waals surface area contributed by atoms with Crippen molar-refractivity contribution in [2.24, 2.45) is 5.92 Å². The van der Waals surface area contributed by atoms with E-state index >= 15 is 0 Å². The van der Waals surface area contributed by atoms with E-state index in [1.807, 2.05) is 0 Å². The SMILES string of the molecule is O=[N+]([O-])c1cccc(NCC2CCN(CC(F)(F)F)C2)c1. The monoisotopic (exact) mass is 303 g/mol. The number of nitrogens with zero attached hydrogens (tertiary/aromatic N) is 2. The molecule has 116 valence electrons. The summed E-state index contributed by atoms with van der Waals surface area (Å²) < 4.78 is 36.9. The summed E-state index contributed by atoms with van der Waals surface area (Å²) in [5.74, 6) is 0.117. The number of non-ortho nitro benzene ring substituents is 1. The van der Waals surface area contributed by atoms with Gasteiger partial charge in [0.05, 0.1) is 11.5 Å². The van der Waals surface area contributed by atoms with Crippen LogP contribution in [-0.4, -0.2) is 42.2 Å². The van der Waals surface area contributed by atoms with Gasteiger partial charge in [-0.3, -0.25) is 15.0 Å². The average Bonchev–Trinajstić information content (AvgIpc) is 2.82. The van der Waals surface area contributed by atoms with Gasteiger partial charge in [0.25, 0.3) is 5.69 Å². The maximum absolute atomic E-state index is 12.3. The number of hydrogen-bond donors (Lipinski definition) is 1. The zero-order valence-electron chi connectivity index (χ0n) is 11.3. The van der Waals surface area contributed by atoms with Crippen molar-refractivity contribution in [3.63, 3.8) is 0 Å². The molecule has 0 amide bonds. The molecule has 1 aliphatic heterocycles. The van der Waals surface area contributed by atoms with Crippen LogP contribution in [0.15, 0.2) is 24.3 Å². The molecule has 1 heterocycles. The number of nitro benzene ring substituents is 1. The molecule has 8 heteroatoms. The molecule has 1 unspecified atom stereocenters. The van der Waals surface area contributed by atoms with Crippen LogP contribution in [0.4, 0.5) is 24.5 Å². The zero-order valence-corrected chi connectivity index (χ0v) is 11.3. The normalized spacial score (nSPS) is 19.7. The van der Waals surface area contributed by atoms with Gasteiger partial charge in [-0.2, -0.15) is 13.2 Å². The summed E-state index contributed by atoms with van der Waals surface area (Å²) in [5, 5.41) is 13.7. The summed E-state index contributed by atoms with van der Waals surface area (Å²) in [5.41, 5.74) is 0.601. The number of anilines is 1. The van der Waals surface area contributed by atoms with E-state index in [4.69, 9.17) is 0 Å². The first kappa shape index (κ1) is 15.6. The predicted molar refractivity (Wildman–Crippen MR) is 72.2 cm³/mol. The van der Waals surface area contributed by atoms with E-state index in [-0.39, 0.29) is 11.6 Å². The number of benzene rings is 1. The van der Waals surface area contributed by atoms with Crippen molar-refractivity contribution in [1.29, 1.82) is 0 Å². The minimum Gasteiger partial charge on any atom is -0.385 e. The van der Waals surface area contributed by atoms with E-state index in [9.17, 15) is 23.3 Å². The lowest BCUT2D eigenvalue weighted by Gasteiger charge is -2.18. The summed E-state index contributed by atoms with van der Waals surface area (Å²) >= 11 is 0. The number of rotatable bonds is 5. The molecule has 21 heavy (non-hydrogen) atoms. The molecule has 1 aromatic rings. The van der Waals surface area contributed by atoms with Crippen molar-refractivity contribution in [3.05, 3.63) is 34.4 Å². The maximum atomic E-state index is 12.3. The third-order valence-electron chi connectivity index (χ3n) is 3.42. The number of hydrogen-bond acceptors (Lipinski definition) is 4. The standard InChI is InChI=1S/C13H16F3N3O2/c14-13(15,16)9-18-5-4-10(8-18)7-17-11-2-1-3-12(6-11)19(20)21/h1-3,6,10,17H,4-5,7-9H2. The van der Waals surface area contributed by atoms with Gasteiger partial charge in [-0.25, -0.2) is 0 Å². The third kappa shape index (κ3) is 4.89. The van der Waals surface area contributed by atoms with E-state index in [2.05, 4.69) is 5.32 Å². The highest BCUT2D eigenvalue weighted by atomic mass is 19.4. The van der Waals surface area contributed by atoms with Crippen LogP contribution in [0.3, 0.4) is 0 Å².